The second-order valence-corrected chi connectivity index (χ2v) is 8.97. The van der Waals surface area contributed by atoms with Gasteiger partial charge >= 0.3 is 5.97 Å². The number of anilines is 1. The molecule has 1 aromatic carbocycles. The molecule has 3 rings (SSSR count). The minimum Gasteiger partial charge on any atom is -0.494 e. The molecular formula is C22H25N5O5S2. The highest BCUT2D eigenvalue weighted by Gasteiger charge is 2.26. The first-order valence-electron chi connectivity index (χ1n) is 10.4. The Hall–Kier alpha value is -3.38. The van der Waals surface area contributed by atoms with Crippen molar-refractivity contribution in [2.45, 2.75) is 25.9 Å². The molecule has 0 radical (unpaired) electrons. The van der Waals surface area contributed by atoms with Crippen LogP contribution in [0.25, 0.3) is 11.4 Å². The number of benzene rings is 1. The number of nitrogens with one attached hydrogen (secondary N) is 1. The van der Waals surface area contributed by atoms with Crippen LogP contribution in [-0.2, 0) is 16.6 Å². The van der Waals surface area contributed by atoms with Crippen LogP contribution in [0.3, 0.4) is 0 Å². The molecule has 0 bridgehead atoms. The second-order valence-electron chi connectivity index (χ2n) is 7.00. The summed E-state index contributed by atoms with van der Waals surface area (Å²) in [6.45, 7) is 5.93. The highest BCUT2D eigenvalue weighted by Crippen LogP contribution is 2.34. The number of hydrogen-bond acceptors (Lipinski definition) is 9. The molecular weight excluding hydrogens is 478 g/mol. The Balaban J connectivity index is 1.71. The number of primary amides is 1. The Morgan fingerprint density at radius 1 is 1.15 bits per heavy atom. The number of thioether (sulfide) groups is 1. The van der Waals surface area contributed by atoms with E-state index >= 15 is 0 Å². The van der Waals surface area contributed by atoms with Crippen LogP contribution in [-0.4, -0.2) is 51.5 Å². The smallest absolute Gasteiger partial charge is 0.341 e. The summed E-state index contributed by atoms with van der Waals surface area (Å²) in [5.74, 6) is -0.247. The Morgan fingerprint density at radius 3 is 2.47 bits per heavy atom. The van der Waals surface area contributed by atoms with Gasteiger partial charge in [0, 0.05) is 12.6 Å². The highest BCUT2D eigenvalue weighted by molar-refractivity contribution is 7.99. The summed E-state index contributed by atoms with van der Waals surface area (Å²) in [6.07, 6.45) is 0. The van der Waals surface area contributed by atoms with E-state index in [1.54, 1.807) is 18.4 Å². The summed E-state index contributed by atoms with van der Waals surface area (Å²) in [5, 5.41) is 11.9. The van der Waals surface area contributed by atoms with Gasteiger partial charge in [0.15, 0.2) is 11.0 Å². The van der Waals surface area contributed by atoms with Crippen molar-refractivity contribution in [2.24, 2.45) is 12.8 Å². The molecule has 10 nitrogen and oxygen atoms in total. The molecule has 0 aliphatic rings. The summed E-state index contributed by atoms with van der Waals surface area (Å²) < 4.78 is 12.3. The Bertz CT molecular complexity index is 1200. The largest absolute Gasteiger partial charge is 0.494 e. The maximum absolute atomic E-state index is 12.6. The number of nitrogens with zero attached hydrogens (tertiary/aromatic N) is 3. The van der Waals surface area contributed by atoms with Gasteiger partial charge in [0.25, 0.3) is 5.91 Å². The third-order valence-electron chi connectivity index (χ3n) is 4.69. The number of amides is 2. The summed E-state index contributed by atoms with van der Waals surface area (Å²) in [7, 11) is 1.81. The second kappa shape index (κ2) is 11.2. The maximum atomic E-state index is 12.6. The zero-order valence-electron chi connectivity index (χ0n) is 19.2. The van der Waals surface area contributed by atoms with Crippen LogP contribution in [0, 0.1) is 6.92 Å². The number of hydrogen-bond donors (Lipinski definition) is 2. The number of rotatable bonds is 10. The van der Waals surface area contributed by atoms with Crippen LogP contribution in [0.1, 0.15) is 39.4 Å². The van der Waals surface area contributed by atoms with E-state index in [0.29, 0.717) is 23.2 Å². The van der Waals surface area contributed by atoms with Crippen LogP contribution in [0.2, 0.25) is 0 Å². The van der Waals surface area contributed by atoms with E-state index in [4.69, 9.17) is 15.2 Å². The lowest BCUT2D eigenvalue weighted by atomic mass is 10.1. The molecule has 0 aliphatic heterocycles. The first kappa shape index (κ1) is 25.2. The monoisotopic (exact) mass is 503 g/mol. The lowest BCUT2D eigenvalue weighted by Gasteiger charge is -2.07. The van der Waals surface area contributed by atoms with E-state index in [2.05, 4.69) is 15.5 Å². The summed E-state index contributed by atoms with van der Waals surface area (Å²) in [4.78, 5) is 36.9. The first-order chi connectivity index (χ1) is 16.3. The fourth-order valence-electron chi connectivity index (χ4n) is 3.14. The number of thiophene rings is 1. The minimum atomic E-state index is -0.677. The maximum Gasteiger partial charge on any atom is 0.341 e. The third kappa shape index (κ3) is 5.57. The normalized spacial score (nSPS) is 10.7. The van der Waals surface area contributed by atoms with E-state index in [-0.39, 0.29) is 33.7 Å². The first-order valence-corrected chi connectivity index (χ1v) is 12.2. The quantitative estimate of drug-likeness (QED) is 0.318. The molecule has 0 fully saturated rings. The molecule has 0 saturated carbocycles. The van der Waals surface area contributed by atoms with Crippen molar-refractivity contribution in [3.63, 3.8) is 0 Å². The summed E-state index contributed by atoms with van der Waals surface area (Å²) in [5.41, 5.74) is 6.78. The van der Waals surface area contributed by atoms with Gasteiger partial charge in [0.1, 0.15) is 10.8 Å². The summed E-state index contributed by atoms with van der Waals surface area (Å²) in [6, 6.07) is 7.50. The molecule has 34 heavy (non-hydrogen) atoms. The number of carbonyl (C=O) groups excluding carboxylic acids is 3. The van der Waals surface area contributed by atoms with E-state index < -0.39 is 11.9 Å². The van der Waals surface area contributed by atoms with Crippen molar-refractivity contribution in [1.29, 1.82) is 0 Å². The van der Waals surface area contributed by atoms with Gasteiger partial charge in [-0.15, -0.1) is 21.5 Å². The molecule has 0 spiro atoms. The number of carbonyl (C=O) groups is 3. The molecule has 3 aromatic rings. The van der Waals surface area contributed by atoms with Crippen molar-refractivity contribution in [2.75, 3.05) is 24.3 Å². The van der Waals surface area contributed by atoms with Gasteiger partial charge in [-0.05, 0) is 50.6 Å². The molecule has 12 heteroatoms. The van der Waals surface area contributed by atoms with Gasteiger partial charge in [-0.2, -0.15) is 0 Å². The summed E-state index contributed by atoms with van der Waals surface area (Å²) >= 11 is 2.14. The fourth-order valence-corrected chi connectivity index (χ4v) is 4.91. The van der Waals surface area contributed by atoms with Gasteiger partial charge in [-0.25, -0.2) is 4.79 Å². The minimum absolute atomic E-state index is 0.0143. The van der Waals surface area contributed by atoms with Crippen LogP contribution in [0.5, 0.6) is 5.75 Å². The fraction of sp³-hybridized carbons (Fsp3) is 0.318. The number of esters is 1. The van der Waals surface area contributed by atoms with Crippen LogP contribution < -0.4 is 15.8 Å². The average molecular weight is 504 g/mol. The molecule has 0 unspecified atom stereocenters. The Labute approximate surface area is 204 Å². The van der Waals surface area contributed by atoms with Gasteiger partial charge in [-0.3, -0.25) is 9.59 Å². The predicted molar refractivity (Wildman–Crippen MR) is 130 cm³/mol. The molecule has 0 atom stereocenters. The van der Waals surface area contributed by atoms with Crippen molar-refractivity contribution in [3.05, 3.63) is 40.3 Å². The number of ether oxygens (including phenoxy) is 2. The molecule has 0 aliphatic carbocycles. The van der Waals surface area contributed by atoms with Gasteiger partial charge in [0.2, 0.25) is 5.91 Å². The van der Waals surface area contributed by atoms with Crippen LogP contribution in [0.4, 0.5) is 5.00 Å². The molecule has 2 heterocycles. The van der Waals surface area contributed by atoms with Gasteiger partial charge < -0.3 is 25.1 Å². The third-order valence-corrected chi connectivity index (χ3v) is 6.94. The van der Waals surface area contributed by atoms with Gasteiger partial charge in [0.05, 0.1) is 29.4 Å². The van der Waals surface area contributed by atoms with E-state index in [0.717, 1.165) is 22.6 Å². The van der Waals surface area contributed by atoms with E-state index in [1.807, 2.05) is 38.2 Å². The van der Waals surface area contributed by atoms with Crippen molar-refractivity contribution >= 4 is 45.9 Å². The molecule has 180 valence electrons. The molecule has 2 aromatic heterocycles. The van der Waals surface area contributed by atoms with Crippen molar-refractivity contribution in [3.8, 4) is 17.1 Å². The molecule has 3 N–H and O–H groups in total. The lowest BCUT2D eigenvalue weighted by molar-refractivity contribution is -0.113. The zero-order valence-corrected chi connectivity index (χ0v) is 20.8. The molecule has 0 saturated heterocycles. The van der Waals surface area contributed by atoms with Crippen molar-refractivity contribution in [1.82, 2.24) is 14.8 Å². The van der Waals surface area contributed by atoms with E-state index in [1.165, 1.54) is 11.8 Å². The van der Waals surface area contributed by atoms with Crippen LogP contribution >= 0.6 is 23.1 Å². The topological polar surface area (TPSA) is 138 Å². The van der Waals surface area contributed by atoms with E-state index in [9.17, 15) is 14.4 Å². The standard InChI is InChI=1S/C22H25N5O5S2/c1-5-31-14-9-7-13(8-10-14)19-25-26-22(27(19)4)33-11-15(28)24-20-16(21(30)32-6-2)12(3)17(34-20)18(23)29/h7-10H,5-6,11H2,1-4H3,(H2,23,29)(H,24,28). The Kier molecular flexibility index (Phi) is 8.29. The molecule has 2 amide bonds. The SMILES string of the molecule is CCOC(=O)c1c(NC(=O)CSc2nnc(-c3ccc(OCC)cc3)n2C)sc(C(N)=O)c1C. The van der Waals surface area contributed by atoms with Crippen molar-refractivity contribution < 1.29 is 23.9 Å². The Morgan fingerprint density at radius 2 is 1.85 bits per heavy atom. The van der Waals surface area contributed by atoms with Gasteiger partial charge in [-0.1, -0.05) is 11.8 Å². The number of aromatic nitrogens is 3. The lowest BCUT2D eigenvalue weighted by Crippen LogP contribution is -2.17. The number of nitrogens with two attached hydrogens (primary N) is 1. The van der Waals surface area contributed by atoms with Crippen LogP contribution in [0.15, 0.2) is 29.4 Å². The average Bonchev–Trinajstić information content (AvgIpc) is 3.32. The predicted octanol–water partition coefficient (Wildman–Crippen LogP) is 3.26. The zero-order chi connectivity index (χ0) is 24.8. The highest BCUT2D eigenvalue weighted by atomic mass is 32.2.